The van der Waals surface area contributed by atoms with E-state index in [0.29, 0.717) is 6.17 Å². The molecule has 0 atom stereocenters. The largest absolute Gasteiger partial charge is 0.284 e. The van der Waals surface area contributed by atoms with E-state index in [-0.39, 0.29) is 0 Å². The highest BCUT2D eigenvalue weighted by Crippen LogP contribution is 2.19. The molecule has 0 N–H and O–H groups in total. The van der Waals surface area contributed by atoms with Crippen LogP contribution in [0.25, 0.3) is 0 Å². The van der Waals surface area contributed by atoms with Crippen LogP contribution in [0.1, 0.15) is 24.5 Å². The summed E-state index contributed by atoms with van der Waals surface area (Å²) in [6.45, 7) is 6.83. The molecule has 1 fully saturated rings. The maximum atomic E-state index is 2.59. The summed E-state index contributed by atoms with van der Waals surface area (Å²) in [4.78, 5) is 5.17. The molecule has 0 aromatic heterocycles. The Morgan fingerprint density at radius 2 is 1.19 bits per heavy atom. The van der Waals surface area contributed by atoms with Crippen LogP contribution < -0.4 is 0 Å². The Kier molecular flexibility index (Phi) is 4.69. The molecule has 0 saturated carbocycles. The average molecular weight is 280 g/mol. The van der Waals surface area contributed by atoms with Crippen molar-refractivity contribution in [1.82, 2.24) is 9.80 Å². The van der Waals surface area contributed by atoms with E-state index in [4.69, 9.17) is 0 Å². The van der Waals surface area contributed by atoms with Gasteiger partial charge in [0.1, 0.15) is 0 Å². The van der Waals surface area contributed by atoms with Crippen molar-refractivity contribution < 1.29 is 0 Å². The van der Waals surface area contributed by atoms with Gasteiger partial charge < -0.3 is 0 Å². The molecule has 110 valence electrons. The predicted molar refractivity (Wildman–Crippen MR) is 87.8 cm³/mol. The van der Waals surface area contributed by atoms with Gasteiger partial charge in [0.15, 0.2) is 0 Å². The Morgan fingerprint density at radius 3 is 1.62 bits per heavy atom. The van der Waals surface area contributed by atoms with Crippen LogP contribution >= 0.6 is 0 Å². The molecule has 0 aliphatic carbocycles. The highest BCUT2D eigenvalue weighted by atomic mass is 15.4. The fraction of sp³-hybridized carbons (Fsp3) is 0.368. The van der Waals surface area contributed by atoms with E-state index in [1.165, 1.54) is 30.6 Å². The molecule has 0 radical (unpaired) electrons. The number of hydrogen-bond donors (Lipinski definition) is 0. The van der Waals surface area contributed by atoms with Crippen LogP contribution in [-0.4, -0.2) is 29.1 Å². The molecule has 0 amide bonds. The van der Waals surface area contributed by atoms with Crippen molar-refractivity contribution >= 4 is 0 Å². The minimum absolute atomic E-state index is 0.499. The van der Waals surface area contributed by atoms with Crippen molar-refractivity contribution in [1.29, 1.82) is 0 Å². The van der Waals surface area contributed by atoms with Gasteiger partial charge in [-0.3, -0.25) is 9.80 Å². The van der Waals surface area contributed by atoms with Gasteiger partial charge in [0.25, 0.3) is 0 Å². The lowest BCUT2D eigenvalue weighted by molar-refractivity contribution is 0.00483. The third kappa shape index (κ3) is 3.72. The third-order valence-corrected chi connectivity index (χ3v) is 4.40. The first-order chi connectivity index (χ1) is 10.3. The zero-order valence-electron chi connectivity index (χ0n) is 12.8. The minimum atomic E-state index is 0.499. The monoisotopic (exact) mass is 280 g/mol. The second kappa shape index (κ2) is 6.88. The van der Waals surface area contributed by atoms with Crippen LogP contribution in [0.2, 0.25) is 0 Å². The fourth-order valence-electron chi connectivity index (χ4n) is 3.14. The highest BCUT2D eigenvalue weighted by molar-refractivity contribution is 5.16. The Morgan fingerprint density at radius 1 is 0.762 bits per heavy atom. The first-order valence-electron chi connectivity index (χ1n) is 7.89. The summed E-state index contributed by atoms with van der Waals surface area (Å²) in [5.74, 6) is 0. The van der Waals surface area contributed by atoms with Crippen LogP contribution in [0.3, 0.4) is 0 Å². The van der Waals surface area contributed by atoms with E-state index in [1.807, 2.05) is 0 Å². The lowest BCUT2D eigenvalue weighted by Gasteiger charge is -2.42. The summed E-state index contributed by atoms with van der Waals surface area (Å²) < 4.78 is 0. The Hall–Kier alpha value is -1.64. The summed E-state index contributed by atoms with van der Waals surface area (Å²) in [6.07, 6.45) is 1.75. The maximum Gasteiger partial charge on any atom is 0.0599 e. The number of nitrogens with zero attached hydrogens (tertiary/aromatic N) is 2. The van der Waals surface area contributed by atoms with Gasteiger partial charge >= 0.3 is 0 Å². The summed E-state index contributed by atoms with van der Waals surface area (Å²) in [5, 5.41) is 0. The van der Waals surface area contributed by atoms with E-state index in [9.17, 15) is 0 Å². The van der Waals surface area contributed by atoms with Gasteiger partial charge in [-0.15, -0.1) is 0 Å². The van der Waals surface area contributed by atoms with Crippen LogP contribution in [0, 0.1) is 0 Å². The summed E-state index contributed by atoms with van der Waals surface area (Å²) >= 11 is 0. The zero-order chi connectivity index (χ0) is 14.5. The van der Waals surface area contributed by atoms with E-state index in [2.05, 4.69) is 77.4 Å². The van der Waals surface area contributed by atoms with Crippen LogP contribution in [0.4, 0.5) is 0 Å². The van der Waals surface area contributed by atoms with Crippen molar-refractivity contribution in [2.75, 3.05) is 13.1 Å². The molecule has 2 aromatic carbocycles. The Bertz CT molecular complexity index is 489. The summed E-state index contributed by atoms with van der Waals surface area (Å²) in [5.41, 5.74) is 2.82. The first-order valence-corrected chi connectivity index (χ1v) is 7.89. The molecule has 0 bridgehead atoms. The molecule has 2 aromatic rings. The normalized spacial score (nSPS) is 18.0. The molecular weight excluding hydrogens is 256 g/mol. The van der Waals surface area contributed by atoms with Crippen molar-refractivity contribution in [3.8, 4) is 0 Å². The molecular formula is C19H24N2. The van der Waals surface area contributed by atoms with Crippen molar-refractivity contribution in [3.05, 3.63) is 71.8 Å². The molecule has 0 spiro atoms. The standard InChI is InChI=1S/C19H24N2/c1-17-20(15-18-9-4-2-5-10-18)13-8-14-21(17)16-19-11-6-3-7-12-19/h2-7,9-12,17H,8,13-16H2,1H3. The van der Waals surface area contributed by atoms with Gasteiger partial charge in [0.05, 0.1) is 6.17 Å². The van der Waals surface area contributed by atoms with Gasteiger partial charge in [-0.1, -0.05) is 60.7 Å². The zero-order valence-corrected chi connectivity index (χ0v) is 12.8. The van der Waals surface area contributed by atoms with Crippen molar-refractivity contribution in [3.63, 3.8) is 0 Å². The molecule has 2 nitrogen and oxygen atoms in total. The maximum absolute atomic E-state index is 2.59. The Labute approximate surface area is 128 Å². The van der Waals surface area contributed by atoms with Crippen molar-refractivity contribution in [2.24, 2.45) is 0 Å². The lowest BCUT2D eigenvalue weighted by Crippen LogP contribution is -2.51. The van der Waals surface area contributed by atoms with Gasteiger partial charge in [-0.2, -0.15) is 0 Å². The predicted octanol–water partition coefficient (Wildman–Crippen LogP) is 3.74. The third-order valence-electron chi connectivity index (χ3n) is 4.40. The number of hydrogen-bond acceptors (Lipinski definition) is 2. The van der Waals surface area contributed by atoms with E-state index in [1.54, 1.807) is 0 Å². The van der Waals surface area contributed by atoms with Gasteiger partial charge in [-0.25, -0.2) is 0 Å². The second-order valence-electron chi connectivity index (χ2n) is 5.90. The van der Waals surface area contributed by atoms with Crippen molar-refractivity contribution in [2.45, 2.75) is 32.6 Å². The molecule has 1 saturated heterocycles. The highest BCUT2D eigenvalue weighted by Gasteiger charge is 2.25. The fourth-order valence-corrected chi connectivity index (χ4v) is 3.14. The van der Waals surface area contributed by atoms with E-state index >= 15 is 0 Å². The van der Waals surface area contributed by atoms with E-state index in [0.717, 1.165) is 13.1 Å². The molecule has 3 rings (SSSR count). The van der Waals surface area contributed by atoms with Gasteiger partial charge in [-0.05, 0) is 24.5 Å². The molecule has 1 heterocycles. The smallest absolute Gasteiger partial charge is 0.0599 e. The lowest BCUT2D eigenvalue weighted by atomic mass is 10.1. The Balaban J connectivity index is 1.64. The average Bonchev–Trinajstić information content (AvgIpc) is 2.53. The van der Waals surface area contributed by atoms with Gasteiger partial charge in [0.2, 0.25) is 0 Å². The molecule has 1 aliphatic heterocycles. The van der Waals surface area contributed by atoms with Gasteiger partial charge in [0, 0.05) is 26.2 Å². The quantitative estimate of drug-likeness (QED) is 0.842. The SMILES string of the molecule is CC1N(Cc2ccccc2)CCCN1Cc1ccccc1. The molecule has 0 unspecified atom stereocenters. The topological polar surface area (TPSA) is 6.48 Å². The summed E-state index contributed by atoms with van der Waals surface area (Å²) in [7, 11) is 0. The van der Waals surface area contributed by atoms with E-state index < -0.39 is 0 Å². The molecule has 1 aliphatic rings. The summed E-state index contributed by atoms with van der Waals surface area (Å²) in [6, 6.07) is 21.6. The number of benzene rings is 2. The van der Waals surface area contributed by atoms with Crippen LogP contribution in [0.15, 0.2) is 60.7 Å². The molecule has 2 heteroatoms. The second-order valence-corrected chi connectivity index (χ2v) is 5.90. The minimum Gasteiger partial charge on any atom is -0.284 e. The molecule has 21 heavy (non-hydrogen) atoms. The number of rotatable bonds is 4. The van der Waals surface area contributed by atoms with Crippen LogP contribution in [-0.2, 0) is 13.1 Å². The van der Waals surface area contributed by atoms with Crippen LogP contribution in [0.5, 0.6) is 0 Å². The first kappa shape index (κ1) is 14.3.